The Balaban J connectivity index is 1.00. The van der Waals surface area contributed by atoms with Crippen LogP contribution in [0.1, 0.15) is 84.4 Å². The Labute approximate surface area is 271 Å². The molecule has 6 aromatic rings. The van der Waals surface area contributed by atoms with Gasteiger partial charge in [-0.15, -0.1) is 22.7 Å². The van der Waals surface area contributed by atoms with E-state index in [1.165, 1.54) is 119 Å². The molecule has 0 fully saturated rings. The van der Waals surface area contributed by atoms with Crippen LogP contribution in [0.15, 0.2) is 84.9 Å². The summed E-state index contributed by atoms with van der Waals surface area (Å²) < 4.78 is 2.95. The average molecular weight is 613 g/mol. The summed E-state index contributed by atoms with van der Waals surface area (Å²) in [6, 6.07) is 33.0. The lowest BCUT2D eigenvalue weighted by molar-refractivity contribution is 0.607. The fourth-order valence-corrected chi connectivity index (χ4v) is 9.34. The van der Waals surface area contributed by atoms with Crippen LogP contribution in [-0.2, 0) is 38.5 Å². The molecule has 0 bridgehead atoms. The zero-order chi connectivity index (χ0) is 29.9. The van der Waals surface area contributed by atoms with Crippen molar-refractivity contribution in [2.24, 2.45) is 0 Å². The molecule has 0 saturated carbocycles. The van der Waals surface area contributed by atoms with Gasteiger partial charge in [-0.2, -0.15) is 0 Å². The number of aryl methyl sites for hydroxylation is 6. The standard InChI is InChI=1S/C42H44S2/c1-3-5-6-7-8-9-10-30-15-17-32(18-16-30)20-24-36-28-34-22-26-38-39-37(40(38)42(34)44-36)25-21-33-27-35(43-41(33)39)23-19-31-13-11-29(4-2)12-14-31/h11-18,21-22,25-28H,3-10,19-20,23-24H2,1-2H3. The first kappa shape index (κ1) is 29.5. The second-order valence-corrected chi connectivity index (χ2v) is 15.0. The van der Waals surface area contributed by atoms with E-state index in [0.29, 0.717) is 0 Å². The van der Waals surface area contributed by atoms with E-state index in [9.17, 15) is 0 Å². The molecule has 224 valence electrons. The highest BCUT2D eigenvalue weighted by molar-refractivity contribution is 7.20. The van der Waals surface area contributed by atoms with E-state index < -0.39 is 0 Å². The quantitative estimate of drug-likeness (QED) is 0.107. The molecule has 0 aliphatic heterocycles. The monoisotopic (exact) mass is 612 g/mol. The topological polar surface area (TPSA) is 0 Å². The number of unbranched alkanes of at least 4 members (excludes halogenated alkanes) is 5. The van der Waals surface area contributed by atoms with Crippen LogP contribution in [0.2, 0.25) is 0 Å². The van der Waals surface area contributed by atoms with Crippen LogP contribution in [0.3, 0.4) is 0 Å². The Hall–Kier alpha value is -3.20. The van der Waals surface area contributed by atoms with Gasteiger partial charge in [-0.3, -0.25) is 0 Å². The molecule has 1 aliphatic carbocycles. The largest absolute Gasteiger partial charge is 0.140 e. The third-order valence-electron chi connectivity index (χ3n) is 9.61. The number of benzene rings is 4. The highest BCUT2D eigenvalue weighted by atomic mass is 32.1. The summed E-state index contributed by atoms with van der Waals surface area (Å²) in [6.07, 6.45) is 15.0. The molecule has 4 aromatic carbocycles. The van der Waals surface area contributed by atoms with Crippen LogP contribution in [-0.4, -0.2) is 0 Å². The molecule has 0 amide bonds. The third kappa shape index (κ3) is 6.17. The summed E-state index contributed by atoms with van der Waals surface area (Å²) in [4.78, 5) is 3.00. The van der Waals surface area contributed by atoms with E-state index in [0.717, 1.165) is 32.1 Å². The second kappa shape index (κ2) is 13.4. The van der Waals surface area contributed by atoms with Crippen LogP contribution in [0, 0.1) is 0 Å². The van der Waals surface area contributed by atoms with Crippen molar-refractivity contribution in [2.45, 2.75) is 90.9 Å². The molecule has 0 N–H and O–H groups in total. The average Bonchev–Trinajstić information content (AvgIpc) is 3.65. The maximum absolute atomic E-state index is 2.44. The van der Waals surface area contributed by atoms with Gasteiger partial charge in [0.2, 0.25) is 0 Å². The van der Waals surface area contributed by atoms with Gasteiger partial charge in [0.15, 0.2) is 0 Å². The minimum atomic E-state index is 1.11. The van der Waals surface area contributed by atoms with E-state index >= 15 is 0 Å². The minimum Gasteiger partial charge on any atom is -0.140 e. The first-order valence-corrected chi connectivity index (χ1v) is 18.6. The number of hydrogen-bond donors (Lipinski definition) is 0. The molecular weight excluding hydrogens is 569 g/mol. The third-order valence-corrected chi connectivity index (χ3v) is 12.1. The molecule has 0 spiro atoms. The van der Waals surface area contributed by atoms with Crippen LogP contribution < -0.4 is 0 Å². The first-order valence-electron chi connectivity index (χ1n) is 17.0. The lowest BCUT2D eigenvalue weighted by Crippen LogP contribution is -1.98. The van der Waals surface area contributed by atoms with Crippen molar-refractivity contribution in [1.82, 2.24) is 0 Å². The molecule has 0 saturated heterocycles. The number of hydrogen-bond acceptors (Lipinski definition) is 2. The molecule has 0 radical (unpaired) electrons. The number of thiophene rings is 2. The first-order chi connectivity index (χ1) is 21.7. The highest BCUT2D eigenvalue weighted by Gasteiger charge is 2.28. The Morgan fingerprint density at radius 2 is 0.886 bits per heavy atom. The second-order valence-electron chi connectivity index (χ2n) is 12.7. The lowest BCUT2D eigenvalue weighted by Gasteiger charge is -2.25. The molecule has 2 aromatic heterocycles. The van der Waals surface area contributed by atoms with Gasteiger partial charge in [0.05, 0.1) is 0 Å². The minimum absolute atomic E-state index is 1.11. The molecule has 44 heavy (non-hydrogen) atoms. The SMILES string of the molecule is CCCCCCCCc1ccc(CCc2cc3ccc4c(c3s2)-c2ccc3cc(CCc5ccc(CC)cc5)sc3c2-4)cc1. The van der Waals surface area contributed by atoms with Crippen molar-refractivity contribution in [3.63, 3.8) is 0 Å². The van der Waals surface area contributed by atoms with Gasteiger partial charge in [0.25, 0.3) is 0 Å². The Bertz CT molecular complexity index is 1860. The van der Waals surface area contributed by atoms with Gasteiger partial charge in [-0.05, 0) is 101 Å². The summed E-state index contributed by atoms with van der Waals surface area (Å²) in [7, 11) is 0. The molecular formula is C42H44S2. The molecule has 0 unspecified atom stereocenters. The fraction of sp³-hybridized carbons (Fsp3) is 0.333. The van der Waals surface area contributed by atoms with Gasteiger partial charge >= 0.3 is 0 Å². The van der Waals surface area contributed by atoms with Crippen molar-refractivity contribution >= 4 is 42.8 Å². The van der Waals surface area contributed by atoms with Crippen molar-refractivity contribution in [3.05, 3.63) is 117 Å². The maximum Gasteiger partial charge on any atom is 0.0430 e. The van der Waals surface area contributed by atoms with E-state index in [1.807, 2.05) is 22.7 Å². The summed E-state index contributed by atoms with van der Waals surface area (Å²) in [5.41, 5.74) is 11.7. The maximum atomic E-state index is 2.44. The predicted molar refractivity (Wildman–Crippen MR) is 196 cm³/mol. The van der Waals surface area contributed by atoms with Crippen molar-refractivity contribution in [3.8, 4) is 22.3 Å². The molecule has 1 aliphatic rings. The van der Waals surface area contributed by atoms with Gasteiger partial charge < -0.3 is 0 Å². The van der Waals surface area contributed by atoms with E-state index in [1.54, 1.807) is 0 Å². The van der Waals surface area contributed by atoms with E-state index in [-0.39, 0.29) is 0 Å². The predicted octanol–water partition coefficient (Wildman–Crippen LogP) is 12.8. The van der Waals surface area contributed by atoms with Gasteiger partial charge in [-0.1, -0.05) is 119 Å². The summed E-state index contributed by atoms with van der Waals surface area (Å²) in [5.74, 6) is 0. The molecule has 0 nitrogen and oxygen atoms in total. The van der Waals surface area contributed by atoms with Gasteiger partial charge in [0, 0.05) is 30.3 Å². The fourth-order valence-electron chi connectivity index (χ4n) is 6.91. The normalized spacial score (nSPS) is 12.0. The van der Waals surface area contributed by atoms with Crippen LogP contribution in [0.4, 0.5) is 0 Å². The zero-order valence-electron chi connectivity index (χ0n) is 26.4. The Morgan fingerprint density at radius 3 is 1.39 bits per heavy atom. The highest BCUT2D eigenvalue weighted by Crippen LogP contribution is 2.56. The van der Waals surface area contributed by atoms with Crippen molar-refractivity contribution in [1.29, 1.82) is 0 Å². The van der Waals surface area contributed by atoms with Crippen LogP contribution in [0.5, 0.6) is 0 Å². The Kier molecular flexibility index (Phi) is 9.00. The number of fused-ring (bicyclic) bond motifs is 8. The van der Waals surface area contributed by atoms with Crippen molar-refractivity contribution < 1.29 is 0 Å². The summed E-state index contributed by atoms with van der Waals surface area (Å²) in [6.45, 7) is 4.51. The van der Waals surface area contributed by atoms with E-state index in [4.69, 9.17) is 0 Å². The van der Waals surface area contributed by atoms with Gasteiger partial charge in [0.1, 0.15) is 0 Å². The number of rotatable bonds is 14. The summed E-state index contributed by atoms with van der Waals surface area (Å²) >= 11 is 4.03. The zero-order valence-corrected chi connectivity index (χ0v) is 28.0. The molecule has 7 rings (SSSR count). The van der Waals surface area contributed by atoms with Crippen LogP contribution in [0.25, 0.3) is 42.4 Å². The van der Waals surface area contributed by atoms with Crippen molar-refractivity contribution in [2.75, 3.05) is 0 Å². The lowest BCUT2D eigenvalue weighted by atomic mass is 9.79. The van der Waals surface area contributed by atoms with Gasteiger partial charge in [-0.25, -0.2) is 0 Å². The molecule has 2 heteroatoms. The van der Waals surface area contributed by atoms with E-state index in [2.05, 4.69) is 98.8 Å². The molecule has 2 heterocycles. The summed E-state index contributed by atoms with van der Waals surface area (Å²) in [5, 5.41) is 2.81. The van der Waals surface area contributed by atoms with Crippen LogP contribution >= 0.6 is 22.7 Å². The molecule has 0 atom stereocenters. The Morgan fingerprint density at radius 1 is 0.432 bits per heavy atom. The smallest absolute Gasteiger partial charge is 0.0430 e.